The molecule has 2 aromatic rings. The molecule has 4 heteroatoms. The molecule has 2 atom stereocenters. The van der Waals surface area contributed by atoms with Crippen LogP contribution in [0.2, 0.25) is 0 Å². The van der Waals surface area contributed by atoms with Gasteiger partial charge in [-0.05, 0) is 43.3 Å². The Hall–Kier alpha value is -1.15. The summed E-state index contributed by atoms with van der Waals surface area (Å²) in [6.45, 7) is 0. The van der Waals surface area contributed by atoms with Gasteiger partial charge in [-0.25, -0.2) is 9.34 Å². The first-order valence-corrected chi connectivity index (χ1v) is 10.4. The van der Waals surface area contributed by atoms with E-state index in [1.165, 1.54) is 42.0 Å². The summed E-state index contributed by atoms with van der Waals surface area (Å²) < 4.78 is 18.3. The van der Waals surface area contributed by atoms with Crippen LogP contribution in [-0.4, -0.2) is 35.5 Å². The molecule has 1 saturated heterocycles. The molecule has 122 valence electrons. The van der Waals surface area contributed by atoms with E-state index in [0.717, 1.165) is 0 Å². The van der Waals surface area contributed by atoms with Gasteiger partial charge in [0.15, 0.2) is 0 Å². The minimum atomic E-state index is -2.52. The van der Waals surface area contributed by atoms with Crippen molar-refractivity contribution in [1.29, 1.82) is 0 Å². The second-order valence-corrected chi connectivity index (χ2v) is 9.94. The first-order chi connectivity index (χ1) is 11.1. The van der Waals surface area contributed by atoms with Crippen LogP contribution in [0.15, 0.2) is 42.5 Å². The fourth-order valence-corrected chi connectivity index (χ4v) is 7.60. The molecule has 23 heavy (non-hydrogen) atoms. The molecule has 0 N–H and O–H groups in total. The zero-order valence-electron chi connectivity index (χ0n) is 14.0. The van der Waals surface area contributed by atoms with E-state index in [1.807, 2.05) is 0 Å². The van der Waals surface area contributed by atoms with Gasteiger partial charge in [-0.2, -0.15) is 0 Å². The van der Waals surface area contributed by atoms with Gasteiger partial charge in [0.25, 0.3) is 0 Å². The van der Waals surface area contributed by atoms with Crippen molar-refractivity contribution in [3.8, 4) is 0 Å². The van der Waals surface area contributed by atoms with E-state index in [1.54, 1.807) is 0 Å². The molecule has 0 radical (unpaired) electrons. The normalized spacial score (nSPS) is 28.1. The summed E-state index contributed by atoms with van der Waals surface area (Å²) in [7, 11) is 1.65. The molecule has 1 saturated carbocycles. The summed E-state index contributed by atoms with van der Waals surface area (Å²) in [6, 6.07) is 15.7. The lowest BCUT2D eigenvalue weighted by atomic mass is 9.91. The molecule has 1 heterocycles. The minimum absolute atomic E-state index is 0.467. The molecule has 2 aliphatic rings. The monoisotopic (exact) mass is 328 g/mol. The molecular weight excluding hydrogens is 303 g/mol. The molecule has 0 amide bonds. The zero-order valence-corrected chi connectivity index (χ0v) is 14.9. The second kappa shape index (κ2) is 5.73. The number of hydrogen-bond donors (Lipinski definition) is 0. The lowest BCUT2D eigenvalue weighted by Gasteiger charge is -2.28. The van der Waals surface area contributed by atoms with Gasteiger partial charge in [-0.15, -0.1) is 0 Å². The standard InChI is InChI=1S/C19H25N2OP/c1-20-18-12-5-6-13-19(18)21(2)23(20,22)14-16-10-7-9-15-8-3-4-11-17(15)16/h3-4,7-11,18-19H,5-6,12-14H2,1-2H3/t18-,19-/m1/s1. The maximum atomic E-state index is 13.9. The van der Waals surface area contributed by atoms with Crippen LogP contribution in [0.5, 0.6) is 0 Å². The highest BCUT2D eigenvalue weighted by molar-refractivity contribution is 7.58. The van der Waals surface area contributed by atoms with Crippen LogP contribution < -0.4 is 0 Å². The van der Waals surface area contributed by atoms with Gasteiger partial charge in [0.1, 0.15) is 0 Å². The third-order valence-electron chi connectivity index (χ3n) is 5.90. The van der Waals surface area contributed by atoms with Crippen LogP contribution >= 0.6 is 7.44 Å². The van der Waals surface area contributed by atoms with Gasteiger partial charge in [-0.3, -0.25) is 4.57 Å². The predicted molar refractivity (Wildman–Crippen MR) is 96.8 cm³/mol. The van der Waals surface area contributed by atoms with Gasteiger partial charge in [0.05, 0.1) is 6.16 Å². The molecule has 2 fully saturated rings. The van der Waals surface area contributed by atoms with Crippen molar-refractivity contribution in [3.63, 3.8) is 0 Å². The summed E-state index contributed by atoms with van der Waals surface area (Å²) in [4.78, 5) is 0. The smallest absolute Gasteiger partial charge is 0.220 e. The number of nitrogens with zero attached hydrogens (tertiary/aromatic N) is 2. The first kappa shape index (κ1) is 15.4. The molecule has 1 aliphatic carbocycles. The minimum Gasteiger partial charge on any atom is -0.288 e. The van der Waals surface area contributed by atoms with E-state index in [2.05, 4.69) is 65.9 Å². The van der Waals surface area contributed by atoms with Gasteiger partial charge in [0, 0.05) is 12.1 Å². The van der Waals surface area contributed by atoms with Crippen LogP contribution in [0.25, 0.3) is 10.8 Å². The average molecular weight is 328 g/mol. The quantitative estimate of drug-likeness (QED) is 0.745. The van der Waals surface area contributed by atoms with Crippen molar-refractivity contribution in [3.05, 3.63) is 48.0 Å². The molecule has 4 rings (SSSR count). The van der Waals surface area contributed by atoms with Crippen molar-refractivity contribution in [2.45, 2.75) is 43.9 Å². The van der Waals surface area contributed by atoms with Gasteiger partial charge >= 0.3 is 0 Å². The number of likely N-dealkylation sites (N-methyl/N-ethyl adjacent to an activating group) is 2. The third kappa shape index (κ3) is 2.38. The Kier molecular flexibility index (Phi) is 3.84. The molecule has 1 aliphatic heterocycles. The van der Waals surface area contributed by atoms with Gasteiger partial charge in [-0.1, -0.05) is 55.3 Å². The van der Waals surface area contributed by atoms with Gasteiger partial charge < -0.3 is 0 Å². The molecular formula is C19H25N2OP. The summed E-state index contributed by atoms with van der Waals surface area (Å²) in [5.74, 6) is 0. The summed E-state index contributed by atoms with van der Waals surface area (Å²) in [6.07, 6.45) is 5.56. The Morgan fingerprint density at radius 1 is 0.957 bits per heavy atom. The lowest BCUT2D eigenvalue weighted by molar-refractivity contribution is 0.233. The SMILES string of the molecule is CN1[C@@H]2CCCC[C@H]2N(C)P1(=O)Cc1cccc2ccccc12. The van der Waals surface area contributed by atoms with E-state index >= 15 is 0 Å². The van der Waals surface area contributed by atoms with Crippen LogP contribution in [0.4, 0.5) is 0 Å². The number of fused-ring (bicyclic) bond motifs is 2. The van der Waals surface area contributed by atoms with Crippen molar-refractivity contribution in [2.75, 3.05) is 14.1 Å². The van der Waals surface area contributed by atoms with Crippen LogP contribution in [0.1, 0.15) is 31.2 Å². The summed E-state index contributed by atoms with van der Waals surface area (Å²) in [5, 5.41) is 2.47. The molecule has 3 nitrogen and oxygen atoms in total. The highest BCUT2D eigenvalue weighted by atomic mass is 31.2. The van der Waals surface area contributed by atoms with E-state index in [4.69, 9.17) is 0 Å². The average Bonchev–Trinajstić information content (AvgIpc) is 2.78. The Labute approximate surface area is 138 Å². The van der Waals surface area contributed by atoms with Crippen LogP contribution in [0.3, 0.4) is 0 Å². The van der Waals surface area contributed by atoms with Crippen molar-refractivity contribution < 1.29 is 4.57 Å². The Balaban J connectivity index is 1.73. The van der Waals surface area contributed by atoms with E-state index in [9.17, 15) is 4.57 Å². The second-order valence-electron chi connectivity index (χ2n) is 7.03. The number of hydrogen-bond acceptors (Lipinski definition) is 1. The highest BCUT2D eigenvalue weighted by Crippen LogP contribution is 2.63. The van der Waals surface area contributed by atoms with Crippen molar-refractivity contribution in [1.82, 2.24) is 9.34 Å². The first-order valence-electron chi connectivity index (χ1n) is 8.63. The molecule has 0 unspecified atom stereocenters. The third-order valence-corrected chi connectivity index (χ3v) is 9.21. The van der Waals surface area contributed by atoms with Crippen LogP contribution in [0, 0.1) is 0 Å². The lowest BCUT2D eigenvalue weighted by Crippen LogP contribution is -2.37. The maximum Gasteiger partial charge on any atom is 0.220 e. The number of rotatable bonds is 2. The molecule has 0 aromatic heterocycles. The fourth-order valence-electron chi connectivity index (χ4n) is 4.52. The Bertz CT molecular complexity index is 748. The zero-order chi connectivity index (χ0) is 16.0. The summed E-state index contributed by atoms with van der Waals surface area (Å²) >= 11 is 0. The highest BCUT2D eigenvalue weighted by Gasteiger charge is 2.51. The topological polar surface area (TPSA) is 23.6 Å². The van der Waals surface area contributed by atoms with Crippen molar-refractivity contribution >= 4 is 18.2 Å². The fraction of sp³-hybridized carbons (Fsp3) is 0.474. The summed E-state index contributed by atoms with van der Waals surface area (Å²) in [5.41, 5.74) is 1.21. The predicted octanol–water partition coefficient (Wildman–Crippen LogP) is 4.72. The van der Waals surface area contributed by atoms with E-state index in [-0.39, 0.29) is 0 Å². The Morgan fingerprint density at radius 3 is 2.26 bits per heavy atom. The Morgan fingerprint density at radius 2 is 1.57 bits per heavy atom. The van der Waals surface area contributed by atoms with Crippen LogP contribution in [-0.2, 0) is 10.7 Å². The molecule has 0 bridgehead atoms. The number of benzene rings is 2. The largest absolute Gasteiger partial charge is 0.288 e. The van der Waals surface area contributed by atoms with Gasteiger partial charge in [0.2, 0.25) is 7.44 Å². The molecule has 2 aromatic carbocycles. The van der Waals surface area contributed by atoms with E-state index in [0.29, 0.717) is 18.2 Å². The molecule has 0 spiro atoms. The maximum absolute atomic E-state index is 13.9. The van der Waals surface area contributed by atoms with E-state index < -0.39 is 7.44 Å². The van der Waals surface area contributed by atoms with Crippen molar-refractivity contribution in [2.24, 2.45) is 0 Å².